The monoisotopic (exact) mass is 434 g/mol. The lowest BCUT2D eigenvalue weighted by Crippen LogP contribution is -2.52. The Morgan fingerprint density at radius 1 is 0.688 bits per heavy atom. The van der Waals surface area contributed by atoms with Crippen molar-refractivity contribution < 1.29 is 24.1 Å². The van der Waals surface area contributed by atoms with Crippen molar-refractivity contribution in [1.29, 1.82) is 0 Å². The second-order valence-corrected chi connectivity index (χ2v) is 7.96. The third kappa shape index (κ3) is 6.73. The molecule has 1 saturated heterocycles. The summed E-state index contributed by atoms with van der Waals surface area (Å²) in [6, 6.07) is 30.0. The predicted molar refractivity (Wildman–Crippen MR) is 122 cm³/mol. The predicted octanol–water partition coefficient (Wildman–Crippen LogP) is 4.48. The van der Waals surface area contributed by atoms with Gasteiger partial charge in [0.2, 0.25) is 0 Å². The summed E-state index contributed by atoms with van der Waals surface area (Å²) in [6.07, 6.45) is -1.68. The Morgan fingerprint density at radius 3 is 1.75 bits per heavy atom. The van der Waals surface area contributed by atoms with Crippen LogP contribution in [0, 0.1) is 0 Å². The van der Waals surface area contributed by atoms with Crippen LogP contribution in [0.2, 0.25) is 0 Å². The third-order valence-electron chi connectivity index (χ3n) is 5.48. The van der Waals surface area contributed by atoms with Crippen molar-refractivity contribution >= 4 is 0 Å². The molecular weight excluding hydrogens is 404 g/mol. The van der Waals surface area contributed by atoms with Gasteiger partial charge in [0.1, 0.15) is 12.2 Å². The van der Waals surface area contributed by atoms with E-state index in [4.69, 9.17) is 18.9 Å². The molecule has 4 rings (SSSR count). The second kappa shape index (κ2) is 11.9. The lowest BCUT2D eigenvalue weighted by atomic mass is 10.0. The highest BCUT2D eigenvalue weighted by molar-refractivity contribution is 5.15. The van der Waals surface area contributed by atoms with Crippen LogP contribution in [0.3, 0.4) is 0 Å². The smallest absolute Gasteiger partial charge is 0.157 e. The molecule has 3 aromatic carbocycles. The zero-order valence-electron chi connectivity index (χ0n) is 18.1. The van der Waals surface area contributed by atoms with Crippen molar-refractivity contribution in [3.8, 4) is 0 Å². The lowest BCUT2D eigenvalue weighted by molar-refractivity contribution is -0.265. The molecule has 0 amide bonds. The molecule has 32 heavy (non-hydrogen) atoms. The number of rotatable bonds is 10. The van der Waals surface area contributed by atoms with E-state index in [2.05, 4.69) is 0 Å². The van der Waals surface area contributed by atoms with E-state index in [0.29, 0.717) is 32.8 Å². The molecule has 1 N–H and O–H groups in total. The van der Waals surface area contributed by atoms with Crippen molar-refractivity contribution in [2.24, 2.45) is 0 Å². The average Bonchev–Trinajstić information content (AvgIpc) is 2.84. The molecule has 0 aliphatic carbocycles. The summed E-state index contributed by atoms with van der Waals surface area (Å²) in [5.74, 6) is 0. The van der Waals surface area contributed by atoms with Gasteiger partial charge < -0.3 is 24.1 Å². The van der Waals surface area contributed by atoms with Crippen molar-refractivity contribution in [3.63, 3.8) is 0 Å². The molecule has 5 heteroatoms. The van der Waals surface area contributed by atoms with Gasteiger partial charge in [-0.1, -0.05) is 91.0 Å². The maximum Gasteiger partial charge on any atom is 0.157 e. The zero-order valence-corrected chi connectivity index (χ0v) is 18.1. The van der Waals surface area contributed by atoms with Gasteiger partial charge in [-0.3, -0.25) is 0 Å². The number of ether oxygens (including phenoxy) is 4. The fraction of sp³-hybridized carbons (Fsp3) is 0.333. The topological polar surface area (TPSA) is 57.2 Å². The maximum absolute atomic E-state index is 10.4. The third-order valence-corrected chi connectivity index (χ3v) is 5.48. The number of benzene rings is 3. The molecule has 0 bridgehead atoms. The van der Waals surface area contributed by atoms with Crippen molar-refractivity contribution in [1.82, 2.24) is 0 Å². The summed E-state index contributed by atoms with van der Waals surface area (Å²) in [4.78, 5) is 0. The summed E-state index contributed by atoms with van der Waals surface area (Å²) < 4.78 is 24.3. The van der Waals surface area contributed by atoms with Crippen molar-refractivity contribution in [3.05, 3.63) is 108 Å². The molecule has 1 aliphatic rings. The van der Waals surface area contributed by atoms with E-state index in [1.165, 1.54) is 0 Å². The van der Waals surface area contributed by atoms with Gasteiger partial charge in [0, 0.05) is 6.42 Å². The van der Waals surface area contributed by atoms with Crippen LogP contribution in [0.5, 0.6) is 0 Å². The second-order valence-electron chi connectivity index (χ2n) is 7.96. The van der Waals surface area contributed by atoms with Crippen molar-refractivity contribution in [2.75, 3.05) is 6.61 Å². The van der Waals surface area contributed by atoms with Gasteiger partial charge in [-0.05, 0) is 16.7 Å². The quantitative estimate of drug-likeness (QED) is 0.510. The van der Waals surface area contributed by atoms with Crippen LogP contribution in [-0.2, 0) is 38.8 Å². The largest absolute Gasteiger partial charge is 0.374 e. The summed E-state index contributed by atoms with van der Waals surface area (Å²) >= 11 is 0. The first-order valence-electron chi connectivity index (χ1n) is 11.0. The van der Waals surface area contributed by atoms with Gasteiger partial charge in [-0.2, -0.15) is 0 Å². The first-order valence-corrected chi connectivity index (χ1v) is 11.0. The number of hydrogen-bond acceptors (Lipinski definition) is 5. The van der Waals surface area contributed by atoms with Crippen LogP contribution in [0.25, 0.3) is 0 Å². The van der Waals surface area contributed by atoms with Crippen molar-refractivity contribution in [2.45, 2.75) is 50.8 Å². The van der Waals surface area contributed by atoms with Crippen LogP contribution in [-0.4, -0.2) is 36.3 Å². The van der Waals surface area contributed by atoms with Crippen LogP contribution in [0.1, 0.15) is 23.1 Å². The Hall–Kier alpha value is -2.54. The van der Waals surface area contributed by atoms with Crippen LogP contribution < -0.4 is 0 Å². The summed E-state index contributed by atoms with van der Waals surface area (Å²) in [7, 11) is 0. The molecule has 4 atom stereocenters. The highest BCUT2D eigenvalue weighted by Gasteiger charge is 2.40. The molecule has 1 fully saturated rings. The lowest BCUT2D eigenvalue weighted by Gasteiger charge is -2.39. The number of aliphatic hydroxyl groups excluding tert-OH is 1. The average molecular weight is 435 g/mol. The van der Waals surface area contributed by atoms with Crippen LogP contribution in [0.15, 0.2) is 91.0 Å². The SMILES string of the molecule is O[C@H]1C[C@@H](OCc2ccccc2)[C@@H](OCc2ccccc2)C(COCc2ccccc2)O1. The highest BCUT2D eigenvalue weighted by atomic mass is 16.6. The Labute approximate surface area is 189 Å². The summed E-state index contributed by atoms with van der Waals surface area (Å²) in [5, 5.41) is 10.4. The molecule has 168 valence electrons. The first kappa shape index (κ1) is 22.6. The van der Waals surface area contributed by atoms with E-state index in [1.807, 2.05) is 91.0 Å². The Morgan fingerprint density at radius 2 is 1.19 bits per heavy atom. The van der Waals surface area contributed by atoms with Gasteiger partial charge in [-0.15, -0.1) is 0 Å². The number of aliphatic hydroxyl groups is 1. The molecule has 0 saturated carbocycles. The van der Waals surface area contributed by atoms with E-state index in [-0.39, 0.29) is 12.2 Å². The van der Waals surface area contributed by atoms with Crippen LogP contribution >= 0.6 is 0 Å². The normalized spacial score (nSPS) is 23.2. The van der Waals surface area contributed by atoms with E-state index >= 15 is 0 Å². The van der Waals surface area contributed by atoms with Gasteiger partial charge in [0.05, 0.1) is 32.5 Å². The minimum Gasteiger partial charge on any atom is -0.374 e. The van der Waals surface area contributed by atoms with Gasteiger partial charge in [0.15, 0.2) is 6.29 Å². The minimum atomic E-state index is -0.919. The summed E-state index contributed by atoms with van der Waals surface area (Å²) in [5.41, 5.74) is 3.24. The van der Waals surface area contributed by atoms with Gasteiger partial charge in [-0.25, -0.2) is 0 Å². The molecule has 1 aliphatic heterocycles. The molecule has 0 radical (unpaired) electrons. The summed E-state index contributed by atoms with van der Waals surface area (Å²) in [6.45, 7) is 1.65. The standard InChI is InChI=1S/C27H30O5/c28-26-16-24(30-18-22-12-6-2-7-13-22)27(31-19-23-14-8-3-9-15-23)25(32-26)20-29-17-21-10-4-1-5-11-21/h1-15,24-28H,16-20H2/t24-,25?,26-,27-/m1/s1. The maximum atomic E-state index is 10.4. The molecule has 0 spiro atoms. The molecule has 1 heterocycles. The highest BCUT2D eigenvalue weighted by Crippen LogP contribution is 2.27. The van der Waals surface area contributed by atoms with E-state index in [1.54, 1.807) is 0 Å². The molecule has 5 nitrogen and oxygen atoms in total. The molecule has 1 unspecified atom stereocenters. The van der Waals surface area contributed by atoms with Crippen LogP contribution in [0.4, 0.5) is 0 Å². The van der Waals surface area contributed by atoms with Gasteiger partial charge in [0.25, 0.3) is 0 Å². The zero-order chi connectivity index (χ0) is 22.0. The fourth-order valence-corrected chi connectivity index (χ4v) is 3.83. The Kier molecular flexibility index (Phi) is 8.42. The molecule has 3 aromatic rings. The first-order chi connectivity index (χ1) is 15.8. The Bertz CT molecular complexity index is 903. The Balaban J connectivity index is 1.42. The van der Waals surface area contributed by atoms with E-state index < -0.39 is 12.4 Å². The molecule has 0 aromatic heterocycles. The number of hydrogen-bond donors (Lipinski definition) is 1. The fourth-order valence-electron chi connectivity index (χ4n) is 3.83. The van der Waals surface area contributed by atoms with E-state index in [0.717, 1.165) is 16.7 Å². The van der Waals surface area contributed by atoms with E-state index in [9.17, 15) is 5.11 Å². The van der Waals surface area contributed by atoms with Gasteiger partial charge >= 0.3 is 0 Å². The minimum absolute atomic E-state index is 0.302. The molecular formula is C27H30O5.